The lowest BCUT2D eigenvalue weighted by atomic mass is 9.99. The van der Waals surface area contributed by atoms with E-state index in [-0.39, 0.29) is 0 Å². The molecule has 2 aliphatic heterocycles. The van der Waals surface area contributed by atoms with Gasteiger partial charge in [0.2, 0.25) is 0 Å². The Morgan fingerprint density at radius 2 is 1.50 bits per heavy atom. The summed E-state index contributed by atoms with van der Waals surface area (Å²) in [5, 5.41) is 9.23. The van der Waals surface area contributed by atoms with Crippen LogP contribution in [0.1, 0.15) is 82.1 Å². The SMILES string of the molecule is C=C(C)/C(Br)=C\C(=C/C)C(=C)C.CCc1ccc(C)c(O)c1.Cc1ccc(CN2CCC(N3CCCCC3)CC2)cc1. The minimum Gasteiger partial charge on any atom is -0.508 e. The van der Waals surface area contributed by atoms with Gasteiger partial charge in [0, 0.05) is 17.1 Å². The predicted octanol–water partition coefficient (Wildman–Crippen LogP) is 10.1. The molecule has 2 aromatic rings. The number of aromatic hydroxyl groups is 1. The molecule has 0 unspecified atom stereocenters. The Labute approximate surface area is 265 Å². The Bertz CT molecular complexity index is 1180. The van der Waals surface area contributed by atoms with Gasteiger partial charge in [0.05, 0.1) is 0 Å². The first-order valence-electron chi connectivity index (χ1n) is 15.7. The maximum absolute atomic E-state index is 9.23. The predicted molar refractivity (Wildman–Crippen MR) is 188 cm³/mol. The second kappa shape index (κ2) is 19.0. The Morgan fingerprint density at radius 3 is 2.00 bits per heavy atom. The van der Waals surface area contributed by atoms with Gasteiger partial charge in [-0.3, -0.25) is 4.90 Å². The number of aryl methyl sites for hydroxylation is 3. The van der Waals surface area contributed by atoms with E-state index in [1.807, 2.05) is 58.0 Å². The number of benzene rings is 2. The molecule has 0 radical (unpaired) electrons. The number of allylic oxidation sites excluding steroid dienone is 6. The number of rotatable bonds is 7. The van der Waals surface area contributed by atoms with Crippen molar-refractivity contribution in [3.05, 3.63) is 111 Å². The smallest absolute Gasteiger partial charge is 0.118 e. The Kier molecular flexibility index (Phi) is 16.2. The first kappa shape index (κ1) is 35.8. The molecular formula is C38H55BrN2O. The number of likely N-dealkylation sites (tertiary alicyclic amines) is 2. The van der Waals surface area contributed by atoms with Gasteiger partial charge in [-0.2, -0.15) is 0 Å². The summed E-state index contributed by atoms with van der Waals surface area (Å²) in [5.41, 5.74) is 8.18. The Balaban J connectivity index is 0.000000241. The van der Waals surface area contributed by atoms with Crippen LogP contribution < -0.4 is 0 Å². The normalized spacial score (nSPS) is 17.0. The van der Waals surface area contributed by atoms with Crippen LogP contribution in [-0.4, -0.2) is 47.1 Å². The highest BCUT2D eigenvalue weighted by atomic mass is 79.9. The molecule has 3 nitrogen and oxygen atoms in total. The Hall–Kier alpha value is -2.40. The summed E-state index contributed by atoms with van der Waals surface area (Å²) in [6.45, 7) is 26.2. The van der Waals surface area contributed by atoms with Gasteiger partial charge in [0.1, 0.15) is 5.75 Å². The quantitative estimate of drug-likeness (QED) is 0.307. The first-order valence-corrected chi connectivity index (χ1v) is 16.5. The van der Waals surface area contributed by atoms with E-state index >= 15 is 0 Å². The third-order valence-corrected chi connectivity index (χ3v) is 9.07. The van der Waals surface area contributed by atoms with Crippen LogP contribution in [0.15, 0.2) is 89.0 Å². The van der Waals surface area contributed by atoms with Gasteiger partial charge in [-0.1, -0.05) is 96.0 Å². The van der Waals surface area contributed by atoms with E-state index in [4.69, 9.17) is 0 Å². The zero-order valence-electron chi connectivity index (χ0n) is 27.2. The average molecular weight is 636 g/mol. The van der Waals surface area contributed by atoms with Gasteiger partial charge in [-0.15, -0.1) is 0 Å². The molecule has 0 atom stereocenters. The second-order valence-electron chi connectivity index (χ2n) is 11.9. The summed E-state index contributed by atoms with van der Waals surface area (Å²) in [6.07, 6.45) is 12.1. The summed E-state index contributed by atoms with van der Waals surface area (Å²) in [4.78, 5) is 5.39. The van der Waals surface area contributed by atoms with E-state index in [0.717, 1.165) is 45.8 Å². The fourth-order valence-corrected chi connectivity index (χ4v) is 5.51. The number of phenolic OH excluding ortho intramolecular Hbond substituents is 1. The van der Waals surface area contributed by atoms with E-state index in [2.05, 4.69) is 77.0 Å². The molecule has 1 N–H and O–H groups in total. The van der Waals surface area contributed by atoms with E-state index in [0.29, 0.717) is 5.75 Å². The fourth-order valence-electron chi connectivity index (χ4n) is 5.27. The van der Waals surface area contributed by atoms with E-state index < -0.39 is 0 Å². The topological polar surface area (TPSA) is 26.7 Å². The summed E-state index contributed by atoms with van der Waals surface area (Å²) in [7, 11) is 0. The number of halogens is 1. The molecule has 2 heterocycles. The molecule has 230 valence electrons. The van der Waals surface area contributed by atoms with Crippen molar-refractivity contribution in [1.82, 2.24) is 9.80 Å². The highest BCUT2D eigenvalue weighted by molar-refractivity contribution is 9.12. The highest BCUT2D eigenvalue weighted by Crippen LogP contribution is 2.22. The van der Waals surface area contributed by atoms with Crippen molar-refractivity contribution in [2.24, 2.45) is 0 Å². The maximum Gasteiger partial charge on any atom is 0.118 e. The molecule has 2 aliphatic rings. The van der Waals surface area contributed by atoms with Crippen LogP contribution in [-0.2, 0) is 13.0 Å². The number of hydrogen-bond donors (Lipinski definition) is 1. The van der Waals surface area contributed by atoms with Crippen LogP contribution >= 0.6 is 15.9 Å². The fraction of sp³-hybridized carbons (Fsp3) is 0.474. The number of piperidine rings is 2. The molecule has 0 spiro atoms. The summed E-state index contributed by atoms with van der Waals surface area (Å²) in [5.74, 6) is 0.402. The molecule has 0 aliphatic carbocycles. The summed E-state index contributed by atoms with van der Waals surface area (Å²) < 4.78 is 1.03. The van der Waals surface area contributed by atoms with Crippen LogP contribution in [0.25, 0.3) is 0 Å². The van der Waals surface area contributed by atoms with E-state index in [1.165, 1.54) is 75.0 Å². The number of phenols is 1. The lowest BCUT2D eigenvalue weighted by Crippen LogP contribution is -2.46. The third-order valence-electron chi connectivity index (χ3n) is 8.17. The van der Waals surface area contributed by atoms with Crippen molar-refractivity contribution >= 4 is 15.9 Å². The minimum absolute atomic E-state index is 0.402. The zero-order chi connectivity index (χ0) is 31.1. The largest absolute Gasteiger partial charge is 0.508 e. The number of nitrogens with zero attached hydrogens (tertiary/aromatic N) is 2. The van der Waals surface area contributed by atoms with Crippen LogP contribution in [0.3, 0.4) is 0 Å². The monoisotopic (exact) mass is 634 g/mol. The van der Waals surface area contributed by atoms with Crippen LogP contribution in [0, 0.1) is 13.8 Å². The highest BCUT2D eigenvalue weighted by Gasteiger charge is 2.25. The number of hydrogen-bond acceptors (Lipinski definition) is 3. The van der Waals surface area contributed by atoms with Crippen LogP contribution in [0.2, 0.25) is 0 Å². The zero-order valence-corrected chi connectivity index (χ0v) is 28.8. The first-order chi connectivity index (χ1) is 20.0. The minimum atomic E-state index is 0.402. The van der Waals surface area contributed by atoms with Gasteiger partial charge in [-0.25, -0.2) is 0 Å². The third kappa shape index (κ3) is 12.9. The van der Waals surface area contributed by atoms with Gasteiger partial charge in [0.25, 0.3) is 0 Å². The van der Waals surface area contributed by atoms with Crippen molar-refractivity contribution in [2.45, 2.75) is 92.7 Å². The average Bonchev–Trinajstić information content (AvgIpc) is 2.99. The van der Waals surface area contributed by atoms with Crippen molar-refractivity contribution in [3.8, 4) is 5.75 Å². The summed E-state index contributed by atoms with van der Waals surface area (Å²) in [6, 6.07) is 15.7. The molecule has 4 heteroatoms. The summed E-state index contributed by atoms with van der Waals surface area (Å²) >= 11 is 3.43. The molecule has 0 bridgehead atoms. The van der Waals surface area contributed by atoms with Gasteiger partial charge >= 0.3 is 0 Å². The second-order valence-corrected chi connectivity index (χ2v) is 12.7. The van der Waals surface area contributed by atoms with Crippen molar-refractivity contribution in [3.63, 3.8) is 0 Å². The molecule has 0 saturated carbocycles. The molecule has 0 amide bonds. The Morgan fingerprint density at radius 1 is 0.905 bits per heavy atom. The molecule has 2 saturated heterocycles. The maximum atomic E-state index is 9.23. The lowest BCUT2D eigenvalue weighted by molar-refractivity contribution is 0.0896. The van der Waals surface area contributed by atoms with Crippen molar-refractivity contribution in [1.29, 1.82) is 0 Å². The molecular weight excluding hydrogens is 580 g/mol. The van der Waals surface area contributed by atoms with E-state index in [1.54, 1.807) is 0 Å². The molecule has 4 rings (SSSR count). The van der Waals surface area contributed by atoms with E-state index in [9.17, 15) is 5.11 Å². The van der Waals surface area contributed by atoms with Gasteiger partial charge in [-0.05, 0) is 133 Å². The van der Waals surface area contributed by atoms with Gasteiger partial charge < -0.3 is 10.0 Å². The van der Waals surface area contributed by atoms with Crippen molar-refractivity contribution in [2.75, 3.05) is 26.2 Å². The van der Waals surface area contributed by atoms with Crippen LogP contribution in [0.5, 0.6) is 5.75 Å². The molecule has 2 fully saturated rings. The standard InChI is InChI=1S/C18H28N2.C11H15Br.C9H12O/c1-16-5-7-17(8-6-16)15-19-13-9-18(10-14-19)20-11-3-2-4-12-20;1-6-10(8(2)3)7-11(12)9(4)5;1-3-8-5-4-7(2)9(10)6-8/h5-8,18H,2-4,9-15H2,1H3;6-7H,2,4H2,1,3,5H3;4-6,10H,3H2,1-2H3/b;10-6+,11-7+;. The van der Waals surface area contributed by atoms with Gasteiger partial charge in [0.15, 0.2) is 0 Å². The van der Waals surface area contributed by atoms with Crippen LogP contribution in [0.4, 0.5) is 0 Å². The van der Waals surface area contributed by atoms with Crippen molar-refractivity contribution < 1.29 is 5.11 Å². The lowest BCUT2D eigenvalue weighted by Gasteiger charge is -2.40. The molecule has 0 aromatic heterocycles. The molecule has 42 heavy (non-hydrogen) atoms. The molecule has 2 aromatic carbocycles.